The van der Waals surface area contributed by atoms with E-state index in [9.17, 15) is 0 Å². The first-order valence-electron chi connectivity index (χ1n) is 8.87. The van der Waals surface area contributed by atoms with Gasteiger partial charge in [0.15, 0.2) is 0 Å². The van der Waals surface area contributed by atoms with E-state index in [1.54, 1.807) is 0 Å². The van der Waals surface area contributed by atoms with Crippen molar-refractivity contribution >= 4 is 43.4 Å². The number of halogens is 2. The van der Waals surface area contributed by atoms with E-state index in [-0.39, 0.29) is 0 Å². The van der Waals surface area contributed by atoms with E-state index in [4.69, 9.17) is 36.0 Å². The topological polar surface area (TPSA) is 49.6 Å². The molecule has 4 saturated heterocycles. The van der Waals surface area contributed by atoms with Gasteiger partial charge in [-0.1, -0.05) is 0 Å². The van der Waals surface area contributed by atoms with Gasteiger partial charge in [-0.05, 0) is 48.2 Å². The van der Waals surface area contributed by atoms with Gasteiger partial charge in [0.1, 0.15) is 0 Å². The normalized spacial score (nSPS) is 43.2. The van der Waals surface area contributed by atoms with Gasteiger partial charge >= 0.3 is 0 Å². The van der Waals surface area contributed by atoms with Gasteiger partial charge in [-0.25, -0.2) is 18.7 Å². The lowest BCUT2D eigenvalue weighted by atomic mass is 10.4. The van der Waals surface area contributed by atoms with Crippen LogP contribution in [0.15, 0.2) is 13.5 Å². The van der Waals surface area contributed by atoms with Crippen LogP contribution in [0.5, 0.6) is 0 Å². The molecule has 0 unspecified atom stereocenters. The van der Waals surface area contributed by atoms with Crippen LogP contribution in [-0.4, -0.2) is 71.0 Å². The number of hydrogen-bond acceptors (Lipinski definition) is 7. The third kappa shape index (κ3) is 2.84. The molecule has 5 heterocycles. The smallest absolute Gasteiger partial charge is 0.239 e. The van der Waals surface area contributed by atoms with Gasteiger partial charge in [0.2, 0.25) is 20.9 Å². The lowest BCUT2D eigenvalue weighted by molar-refractivity contribution is 0.558. The fourth-order valence-corrected chi connectivity index (χ4v) is 20.0. The molecule has 0 amide bonds. The Balaban J connectivity index is 1.70. The van der Waals surface area contributed by atoms with Crippen molar-refractivity contribution in [1.29, 1.82) is 0 Å². The number of nitrogens with zero attached hydrogens (tertiary/aromatic N) is 7. The van der Waals surface area contributed by atoms with Crippen molar-refractivity contribution in [2.24, 2.45) is 13.5 Å². The lowest BCUT2D eigenvalue weighted by Crippen LogP contribution is -2.18. The van der Waals surface area contributed by atoms with Gasteiger partial charge in [0.25, 0.3) is 0 Å². The van der Waals surface area contributed by atoms with E-state index < -0.39 is 20.9 Å². The molecule has 24 heavy (non-hydrogen) atoms. The summed E-state index contributed by atoms with van der Waals surface area (Å²) in [5, 5.41) is 0. The Labute approximate surface area is 153 Å². The third-order valence-corrected chi connectivity index (χ3v) is 19.0. The van der Waals surface area contributed by atoms with Crippen molar-refractivity contribution < 1.29 is 0 Å². The fourth-order valence-electron chi connectivity index (χ4n) is 3.67. The van der Waals surface area contributed by atoms with Crippen LogP contribution in [0.25, 0.3) is 0 Å². The molecule has 0 N–H and O–H groups in total. The summed E-state index contributed by atoms with van der Waals surface area (Å²) >= 11 is 14.4. The third-order valence-electron chi connectivity index (χ3n) is 5.19. The Morgan fingerprint density at radius 2 is 0.917 bits per heavy atom. The van der Waals surface area contributed by atoms with Gasteiger partial charge in [-0.3, -0.25) is 0 Å². The monoisotopic (exact) mass is 429 g/mol. The molecule has 0 radical (unpaired) electrons. The highest BCUT2D eigenvalue weighted by Gasteiger charge is 2.52. The van der Waals surface area contributed by atoms with Crippen molar-refractivity contribution in [3.8, 4) is 0 Å². The highest BCUT2D eigenvalue weighted by molar-refractivity contribution is 8.02. The largest absolute Gasteiger partial charge is 0.240 e. The summed E-state index contributed by atoms with van der Waals surface area (Å²) in [6, 6.07) is 0. The summed E-state index contributed by atoms with van der Waals surface area (Å²) in [6.07, 6.45) is 4.75. The zero-order chi connectivity index (χ0) is 16.4. The predicted molar refractivity (Wildman–Crippen MR) is 105 cm³/mol. The molecule has 0 aromatic carbocycles. The summed E-state index contributed by atoms with van der Waals surface area (Å²) in [7, 11) is -2.09. The molecule has 12 heteroatoms. The minimum absolute atomic E-state index is 1.00. The van der Waals surface area contributed by atoms with Crippen LogP contribution in [0, 0.1) is 0 Å². The van der Waals surface area contributed by atoms with Crippen molar-refractivity contribution in [2.75, 3.05) is 52.4 Å². The quantitative estimate of drug-likeness (QED) is 0.458. The molecule has 0 spiro atoms. The minimum atomic E-state index is -2.43. The predicted octanol–water partition coefficient (Wildman–Crippen LogP) is 5.14. The molecule has 4 fully saturated rings. The van der Waals surface area contributed by atoms with Crippen LogP contribution >= 0.6 is 43.4 Å². The van der Waals surface area contributed by atoms with Crippen LogP contribution < -0.4 is 0 Å². The molecular formula is C12H24Cl2N7P3. The molecule has 5 rings (SSSR count). The van der Waals surface area contributed by atoms with E-state index in [2.05, 4.69) is 18.7 Å². The first-order valence-corrected chi connectivity index (χ1v) is 15.6. The van der Waals surface area contributed by atoms with E-state index in [1.165, 1.54) is 25.7 Å². The zero-order valence-corrected chi connectivity index (χ0v) is 17.9. The van der Waals surface area contributed by atoms with Gasteiger partial charge in [-0.2, -0.15) is 13.5 Å². The first-order chi connectivity index (χ1) is 11.5. The average molecular weight is 430 g/mol. The highest BCUT2D eigenvalue weighted by Crippen LogP contribution is 2.86. The average Bonchev–Trinajstić information content (AvgIpc) is 3.46. The van der Waals surface area contributed by atoms with Crippen LogP contribution in [0.3, 0.4) is 0 Å². The van der Waals surface area contributed by atoms with Crippen molar-refractivity contribution in [2.45, 2.75) is 25.7 Å². The molecule has 2 atom stereocenters. The maximum Gasteiger partial charge on any atom is 0.239 e. The molecule has 7 nitrogen and oxygen atoms in total. The Morgan fingerprint density at radius 1 is 0.500 bits per heavy atom. The van der Waals surface area contributed by atoms with E-state index in [1.807, 2.05) is 0 Å². The second kappa shape index (κ2) is 6.06. The van der Waals surface area contributed by atoms with Crippen molar-refractivity contribution in [3.05, 3.63) is 0 Å². The van der Waals surface area contributed by atoms with Gasteiger partial charge in [0.05, 0.1) is 0 Å². The molecule has 0 bridgehead atoms. The fraction of sp³-hybridized carbons (Fsp3) is 1.00. The van der Waals surface area contributed by atoms with Crippen LogP contribution in [0.2, 0.25) is 0 Å². The summed E-state index contributed by atoms with van der Waals surface area (Å²) in [4.78, 5) is 0. The zero-order valence-electron chi connectivity index (χ0n) is 13.7. The Kier molecular flexibility index (Phi) is 4.35. The molecule has 5 aliphatic rings. The Hall–Kier alpha value is 1.11. The number of hydrogen-bond donors (Lipinski definition) is 0. The second-order valence-electron chi connectivity index (χ2n) is 7.02. The Bertz CT molecular complexity index is 668. The first kappa shape index (κ1) is 17.2. The van der Waals surface area contributed by atoms with E-state index in [0.29, 0.717) is 0 Å². The molecule has 0 aliphatic carbocycles. The van der Waals surface area contributed by atoms with Crippen LogP contribution in [0.1, 0.15) is 25.7 Å². The standard InChI is InChI=1S/C12H24Cl2N7P3/c13-22(18-5-1-2-6-18)15-23(14,19-7-3-4-8-19)17-24(16-22,20-9-10-20)21-11-12-21/h1-12H2/t22-,23-/m0/s1. The molecule has 0 saturated carbocycles. The molecule has 5 aliphatic heterocycles. The van der Waals surface area contributed by atoms with Crippen LogP contribution in [-0.2, 0) is 0 Å². The van der Waals surface area contributed by atoms with E-state index in [0.717, 1.165) is 52.4 Å². The summed E-state index contributed by atoms with van der Waals surface area (Å²) in [5.41, 5.74) is 0. The highest BCUT2D eigenvalue weighted by atomic mass is 35.7. The van der Waals surface area contributed by atoms with Crippen molar-refractivity contribution in [3.63, 3.8) is 0 Å². The summed E-state index contributed by atoms with van der Waals surface area (Å²) in [5.74, 6) is 0. The second-order valence-corrected chi connectivity index (χ2v) is 17.2. The Morgan fingerprint density at radius 3 is 1.33 bits per heavy atom. The molecule has 0 aromatic rings. The van der Waals surface area contributed by atoms with Gasteiger partial charge < -0.3 is 0 Å². The SMILES string of the molecule is Cl[P@@]1(N2CCCC2)=NP(N2CC2)(N2CC2)=N[P@@](Cl)(N2CCCC2)=N1. The van der Waals surface area contributed by atoms with Crippen molar-refractivity contribution in [1.82, 2.24) is 18.7 Å². The molecular weight excluding hydrogens is 406 g/mol. The van der Waals surface area contributed by atoms with Gasteiger partial charge in [0, 0.05) is 52.4 Å². The van der Waals surface area contributed by atoms with Gasteiger partial charge in [-0.15, -0.1) is 0 Å². The summed E-state index contributed by atoms with van der Waals surface area (Å²) < 4.78 is 25.1. The summed E-state index contributed by atoms with van der Waals surface area (Å²) in [6.45, 7) is 3.44. The molecule has 136 valence electrons. The molecule has 0 aromatic heterocycles. The maximum absolute atomic E-state index is 7.21. The van der Waals surface area contributed by atoms with E-state index >= 15 is 0 Å². The van der Waals surface area contributed by atoms with Crippen LogP contribution in [0.4, 0.5) is 0 Å². The number of rotatable bonds is 4. The lowest BCUT2D eigenvalue weighted by Gasteiger charge is -2.38. The minimum Gasteiger partial charge on any atom is -0.240 e. The maximum atomic E-state index is 7.21.